The minimum Gasteiger partial charge on any atom is -0.346 e. The summed E-state index contributed by atoms with van der Waals surface area (Å²) in [7, 11) is 0. The predicted molar refractivity (Wildman–Crippen MR) is 70.9 cm³/mol. The van der Waals surface area contributed by atoms with Gasteiger partial charge in [-0.1, -0.05) is 27.7 Å². The number of hydrogen-bond donors (Lipinski definition) is 2. The van der Waals surface area contributed by atoms with Crippen LogP contribution in [0.15, 0.2) is 6.20 Å². The molecule has 4 heteroatoms. The van der Waals surface area contributed by atoms with Crippen LogP contribution in [-0.4, -0.2) is 15.9 Å². The van der Waals surface area contributed by atoms with Crippen LogP contribution in [0.5, 0.6) is 0 Å². The number of aromatic amines is 1. The number of carbonyl (C=O) groups is 1. The monoisotopic (exact) mass is 249 g/mol. The second-order valence-electron chi connectivity index (χ2n) is 6.56. The zero-order chi connectivity index (χ0) is 13.7. The van der Waals surface area contributed by atoms with E-state index in [1.165, 1.54) is 0 Å². The highest BCUT2D eigenvalue weighted by Crippen LogP contribution is 2.68. The topological polar surface area (TPSA) is 57.8 Å². The number of rotatable bonds is 3. The maximum atomic E-state index is 12.3. The lowest BCUT2D eigenvalue weighted by Crippen LogP contribution is -2.30. The minimum atomic E-state index is -0.0709. The highest BCUT2D eigenvalue weighted by molar-refractivity contribution is 5.84. The summed E-state index contributed by atoms with van der Waals surface area (Å²) in [5.41, 5.74) is 1.17. The van der Waals surface area contributed by atoms with Gasteiger partial charge in [0, 0.05) is 17.8 Å². The summed E-state index contributed by atoms with van der Waals surface area (Å²) in [6, 6.07) is -0.0709. The predicted octanol–water partition coefficient (Wildman–Crippen LogP) is 2.58. The van der Waals surface area contributed by atoms with Crippen molar-refractivity contribution in [1.29, 1.82) is 0 Å². The molecule has 1 aliphatic carbocycles. The molecular formula is C14H23N3O. The average molecular weight is 249 g/mol. The molecule has 1 atom stereocenters. The smallest absolute Gasteiger partial charge is 0.224 e. The lowest BCUT2D eigenvalue weighted by molar-refractivity contribution is -0.124. The van der Waals surface area contributed by atoms with Crippen molar-refractivity contribution in [3.63, 3.8) is 0 Å². The fraction of sp³-hybridized carbons (Fsp3) is 0.714. The van der Waals surface area contributed by atoms with Crippen molar-refractivity contribution in [2.75, 3.05) is 0 Å². The molecule has 2 rings (SSSR count). The fourth-order valence-electron chi connectivity index (χ4n) is 2.87. The van der Waals surface area contributed by atoms with Crippen LogP contribution in [-0.2, 0) is 4.79 Å². The summed E-state index contributed by atoms with van der Waals surface area (Å²) < 4.78 is 0. The van der Waals surface area contributed by atoms with Gasteiger partial charge in [0.15, 0.2) is 0 Å². The van der Waals surface area contributed by atoms with E-state index in [-0.39, 0.29) is 28.7 Å². The van der Waals surface area contributed by atoms with Gasteiger partial charge in [0.25, 0.3) is 0 Å². The molecule has 0 radical (unpaired) electrons. The molecule has 1 aliphatic rings. The number of nitrogens with one attached hydrogen (secondary N) is 2. The van der Waals surface area contributed by atoms with Crippen molar-refractivity contribution in [2.24, 2.45) is 16.7 Å². The van der Waals surface area contributed by atoms with Gasteiger partial charge in [0.1, 0.15) is 5.82 Å². The number of aromatic nitrogens is 2. The summed E-state index contributed by atoms with van der Waals surface area (Å²) in [6.07, 6.45) is 1.78. The molecule has 18 heavy (non-hydrogen) atoms. The van der Waals surface area contributed by atoms with E-state index in [2.05, 4.69) is 43.0 Å². The second-order valence-corrected chi connectivity index (χ2v) is 6.56. The van der Waals surface area contributed by atoms with Gasteiger partial charge in [0.2, 0.25) is 5.91 Å². The summed E-state index contributed by atoms with van der Waals surface area (Å²) in [5, 5.41) is 3.05. The number of carbonyl (C=O) groups excluding carboxylic acids is 1. The SMILES string of the molecule is Cc1cnc(C(C)NC(=O)C2C(C)(C)C2(C)C)[nH]1. The minimum absolute atomic E-state index is 0.0709. The molecule has 100 valence electrons. The van der Waals surface area contributed by atoms with Gasteiger partial charge in [-0.3, -0.25) is 4.79 Å². The van der Waals surface area contributed by atoms with E-state index in [9.17, 15) is 4.79 Å². The van der Waals surface area contributed by atoms with Crippen LogP contribution in [0.25, 0.3) is 0 Å². The van der Waals surface area contributed by atoms with Crippen LogP contribution in [0.2, 0.25) is 0 Å². The Morgan fingerprint density at radius 1 is 1.39 bits per heavy atom. The molecule has 0 spiro atoms. The van der Waals surface area contributed by atoms with E-state index in [4.69, 9.17) is 0 Å². The summed E-state index contributed by atoms with van der Waals surface area (Å²) in [5.74, 6) is 1.03. The summed E-state index contributed by atoms with van der Waals surface area (Å²) in [6.45, 7) is 12.5. The fourth-order valence-corrected chi connectivity index (χ4v) is 2.87. The van der Waals surface area contributed by atoms with Crippen LogP contribution < -0.4 is 5.32 Å². The van der Waals surface area contributed by atoms with Crippen molar-refractivity contribution in [2.45, 2.75) is 47.6 Å². The van der Waals surface area contributed by atoms with E-state index in [1.807, 2.05) is 13.8 Å². The van der Waals surface area contributed by atoms with Gasteiger partial charge in [0.05, 0.1) is 6.04 Å². The van der Waals surface area contributed by atoms with Crippen molar-refractivity contribution in [3.8, 4) is 0 Å². The normalized spacial score (nSPS) is 22.6. The Hall–Kier alpha value is -1.32. The lowest BCUT2D eigenvalue weighted by atomic mass is 10.0. The lowest BCUT2D eigenvalue weighted by Gasteiger charge is -2.12. The Labute approximate surface area is 109 Å². The zero-order valence-electron chi connectivity index (χ0n) is 12.1. The first-order valence-electron chi connectivity index (χ1n) is 6.50. The van der Waals surface area contributed by atoms with E-state index in [0.29, 0.717) is 0 Å². The average Bonchev–Trinajstić information content (AvgIpc) is 2.58. The molecule has 0 bridgehead atoms. The molecule has 1 aromatic heterocycles. The molecule has 1 heterocycles. The largest absolute Gasteiger partial charge is 0.346 e. The number of H-pyrrole nitrogens is 1. The third-order valence-corrected chi connectivity index (χ3v) is 4.77. The van der Waals surface area contributed by atoms with Crippen LogP contribution >= 0.6 is 0 Å². The number of nitrogens with zero attached hydrogens (tertiary/aromatic N) is 1. The molecule has 1 saturated carbocycles. The van der Waals surface area contributed by atoms with Crippen molar-refractivity contribution >= 4 is 5.91 Å². The molecule has 2 N–H and O–H groups in total. The van der Waals surface area contributed by atoms with Gasteiger partial charge >= 0.3 is 0 Å². The first kappa shape index (κ1) is 13.1. The number of amides is 1. The molecule has 0 aliphatic heterocycles. The van der Waals surface area contributed by atoms with Crippen LogP contribution in [0.1, 0.15) is 52.2 Å². The highest BCUT2D eigenvalue weighted by Gasteiger charge is 2.68. The molecule has 1 amide bonds. The van der Waals surface area contributed by atoms with Crippen LogP contribution in [0.4, 0.5) is 0 Å². The molecule has 1 aromatic rings. The molecule has 1 fully saturated rings. The Balaban J connectivity index is 2.01. The molecule has 4 nitrogen and oxygen atoms in total. The first-order valence-corrected chi connectivity index (χ1v) is 6.50. The number of hydrogen-bond acceptors (Lipinski definition) is 2. The molecule has 0 saturated heterocycles. The Bertz CT molecular complexity index is 459. The van der Waals surface area contributed by atoms with Crippen LogP contribution in [0, 0.1) is 23.7 Å². The summed E-state index contributed by atoms with van der Waals surface area (Å²) in [4.78, 5) is 19.7. The van der Waals surface area contributed by atoms with Crippen molar-refractivity contribution < 1.29 is 4.79 Å². The summed E-state index contributed by atoms with van der Waals surface area (Å²) >= 11 is 0. The Morgan fingerprint density at radius 2 is 1.94 bits per heavy atom. The third kappa shape index (κ3) is 1.84. The Morgan fingerprint density at radius 3 is 2.33 bits per heavy atom. The molecular weight excluding hydrogens is 226 g/mol. The zero-order valence-corrected chi connectivity index (χ0v) is 12.1. The van der Waals surface area contributed by atoms with Gasteiger partial charge < -0.3 is 10.3 Å². The highest BCUT2D eigenvalue weighted by atomic mass is 16.2. The molecule has 1 unspecified atom stereocenters. The first-order chi connectivity index (χ1) is 8.18. The van der Waals surface area contributed by atoms with Crippen LogP contribution in [0.3, 0.4) is 0 Å². The standard InChI is InChI=1S/C14H23N3O/c1-8-7-15-11(16-8)9(2)17-12(18)10-13(3,4)14(10,5)6/h7,9-10H,1-6H3,(H,15,16)(H,17,18). The van der Waals surface area contributed by atoms with E-state index in [1.54, 1.807) is 6.20 Å². The number of imidazole rings is 1. The van der Waals surface area contributed by atoms with Crippen molar-refractivity contribution in [3.05, 3.63) is 17.7 Å². The van der Waals surface area contributed by atoms with Gasteiger partial charge in [-0.25, -0.2) is 4.98 Å². The van der Waals surface area contributed by atoms with E-state index in [0.717, 1.165) is 11.5 Å². The maximum Gasteiger partial charge on any atom is 0.224 e. The quantitative estimate of drug-likeness (QED) is 0.865. The van der Waals surface area contributed by atoms with Gasteiger partial charge in [-0.05, 0) is 24.7 Å². The van der Waals surface area contributed by atoms with Crippen molar-refractivity contribution in [1.82, 2.24) is 15.3 Å². The maximum absolute atomic E-state index is 12.3. The van der Waals surface area contributed by atoms with E-state index >= 15 is 0 Å². The second kappa shape index (κ2) is 3.84. The third-order valence-electron chi connectivity index (χ3n) is 4.77. The Kier molecular flexibility index (Phi) is 2.80. The number of aryl methyl sites for hydroxylation is 1. The molecule has 0 aromatic carbocycles. The van der Waals surface area contributed by atoms with Gasteiger partial charge in [-0.15, -0.1) is 0 Å². The van der Waals surface area contributed by atoms with Gasteiger partial charge in [-0.2, -0.15) is 0 Å². The van der Waals surface area contributed by atoms with E-state index < -0.39 is 0 Å².